The van der Waals surface area contributed by atoms with Crippen molar-refractivity contribution in [3.05, 3.63) is 35.1 Å². The van der Waals surface area contributed by atoms with Crippen molar-refractivity contribution in [3.8, 4) is 6.07 Å². The Morgan fingerprint density at radius 1 is 1.58 bits per heavy atom. The van der Waals surface area contributed by atoms with Crippen molar-refractivity contribution >= 4 is 5.78 Å². The van der Waals surface area contributed by atoms with Crippen LogP contribution < -0.4 is 0 Å². The second-order valence-electron chi connectivity index (χ2n) is 5.06. The fraction of sp³-hybridized carbons (Fsp3) is 0.467. The zero-order valence-corrected chi connectivity index (χ0v) is 11.0. The summed E-state index contributed by atoms with van der Waals surface area (Å²) >= 11 is 0. The van der Waals surface area contributed by atoms with Gasteiger partial charge in [0.15, 0.2) is 0 Å². The minimum Gasteiger partial charge on any atom is -0.300 e. The van der Waals surface area contributed by atoms with Gasteiger partial charge in [-0.1, -0.05) is 12.1 Å². The van der Waals surface area contributed by atoms with E-state index in [2.05, 4.69) is 4.90 Å². The molecule has 0 spiro atoms. The summed E-state index contributed by atoms with van der Waals surface area (Å²) in [6.07, 6.45) is 2.55. The summed E-state index contributed by atoms with van der Waals surface area (Å²) in [5.74, 6) is -0.262. The Kier molecular flexibility index (Phi) is 4.28. The highest BCUT2D eigenvalue weighted by atomic mass is 19.1. The second kappa shape index (κ2) is 5.94. The Morgan fingerprint density at radius 3 is 3.05 bits per heavy atom. The fourth-order valence-electron chi connectivity index (χ4n) is 2.67. The van der Waals surface area contributed by atoms with Gasteiger partial charge in [-0.05, 0) is 32.4 Å². The number of ketones is 1. The van der Waals surface area contributed by atoms with Crippen LogP contribution in [0.5, 0.6) is 0 Å². The van der Waals surface area contributed by atoms with E-state index in [-0.39, 0.29) is 17.4 Å². The average molecular weight is 260 g/mol. The summed E-state index contributed by atoms with van der Waals surface area (Å²) in [5, 5.41) is 8.83. The molecule has 1 aromatic carbocycles. The molecular formula is C15H17FN2O. The van der Waals surface area contributed by atoms with Crippen molar-refractivity contribution in [2.24, 2.45) is 0 Å². The molecule has 0 amide bonds. The molecule has 1 saturated heterocycles. The zero-order valence-electron chi connectivity index (χ0n) is 11.0. The maximum absolute atomic E-state index is 14.0. The van der Waals surface area contributed by atoms with Gasteiger partial charge in [0.25, 0.3) is 0 Å². The van der Waals surface area contributed by atoms with Crippen LogP contribution in [-0.4, -0.2) is 23.3 Å². The maximum Gasteiger partial charge on any atom is 0.145 e. The van der Waals surface area contributed by atoms with E-state index in [1.54, 1.807) is 19.1 Å². The summed E-state index contributed by atoms with van der Waals surface area (Å²) in [4.78, 5) is 13.4. The molecule has 1 aromatic rings. The molecule has 0 bridgehead atoms. The van der Waals surface area contributed by atoms with Gasteiger partial charge < -0.3 is 0 Å². The van der Waals surface area contributed by atoms with Crippen molar-refractivity contribution in [2.45, 2.75) is 38.8 Å². The highest BCUT2D eigenvalue weighted by Crippen LogP contribution is 2.24. The van der Waals surface area contributed by atoms with E-state index in [9.17, 15) is 9.18 Å². The van der Waals surface area contributed by atoms with Crippen molar-refractivity contribution in [1.82, 2.24) is 4.90 Å². The predicted octanol–water partition coefficient (Wildman–Crippen LogP) is 2.64. The average Bonchev–Trinajstić information content (AvgIpc) is 2.78. The van der Waals surface area contributed by atoms with Gasteiger partial charge in [0, 0.05) is 24.6 Å². The lowest BCUT2D eigenvalue weighted by molar-refractivity contribution is -0.118. The number of likely N-dealkylation sites (tertiary alicyclic amines) is 1. The Labute approximate surface area is 112 Å². The van der Waals surface area contributed by atoms with Gasteiger partial charge in [-0.2, -0.15) is 5.26 Å². The molecule has 2 rings (SSSR count). The molecule has 0 aliphatic carbocycles. The maximum atomic E-state index is 14.0. The molecule has 1 aliphatic rings. The molecule has 0 saturated carbocycles. The first-order valence-electron chi connectivity index (χ1n) is 6.52. The SMILES string of the molecule is CC(=O)CC1CCCN1Cc1cccc(C#N)c1F. The highest BCUT2D eigenvalue weighted by molar-refractivity contribution is 5.76. The third kappa shape index (κ3) is 3.18. The minimum atomic E-state index is -0.432. The number of hydrogen-bond donors (Lipinski definition) is 0. The third-order valence-corrected chi connectivity index (χ3v) is 3.59. The zero-order chi connectivity index (χ0) is 13.8. The quantitative estimate of drug-likeness (QED) is 0.836. The largest absolute Gasteiger partial charge is 0.300 e. The van der Waals surface area contributed by atoms with E-state index in [1.807, 2.05) is 6.07 Å². The Balaban J connectivity index is 2.13. The molecule has 100 valence electrons. The van der Waals surface area contributed by atoms with Crippen LogP contribution in [0.2, 0.25) is 0 Å². The van der Waals surface area contributed by atoms with E-state index >= 15 is 0 Å². The van der Waals surface area contributed by atoms with Crippen molar-refractivity contribution in [1.29, 1.82) is 5.26 Å². The van der Waals surface area contributed by atoms with Crippen LogP contribution in [0.3, 0.4) is 0 Å². The molecule has 1 aliphatic heterocycles. The van der Waals surface area contributed by atoms with E-state index in [0.717, 1.165) is 19.4 Å². The number of Topliss-reactive ketones (excluding diaryl/α,β-unsaturated/α-hetero) is 1. The van der Waals surface area contributed by atoms with Crippen molar-refractivity contribution in [2.75, 3.05) is 6.54 Å². The van der Waals surface area contributed by atoms with Crippen LogP contribution in [0.15, 0.2) is 18.2 Å². The molecule has 19 heavy (non-hydrogen) atoms. The molecule has 0 radical (unpaired) electrons. The fourth-order valence-corrected chi connectivity index (χ4v) is 2.67. The number of benzene rings is 1. The highest BCUT2D eigenvalue weighted by Gasteiger charge is 2.26. The lowest BCUT2D eigenvalue weighted by atomic mass is 10.1. The molecular weight excluding hydrogens is 243 g/mol. The number of nitrogens with zero attached hydrogens (tertiary/aromatic N) is 2. The Morgan fingerprint density at radius 2 is 2.37 bits per heavy atom. The molecule has 1 unspecified atom stereocenters. The number of carbonyl (C=O) groups excluding carboxylic acids is 1. The lowest BCUT2D eigenvalue weighted by Gasteiger charge is -2.23. The molecule has 1 fully saturated rings. The van der Waals surface area contributed by atoms with Gasteiger partial charge in [-0.25, -0.2) is 4.39 Å². The molecule has 3 nitrogen and oxygen atoms in total. The van der Waals surface area contributed by atoms with E-state index in [0.29, 0.717) is 18.5 Å². The van der Waals surface area contributed by atoms with Crippen LogP contribution in [0, 0.1) is 17.1 Å². The van der Waals surface area contributed by atoms with E-state index in [4.69, 9.17) is 5.26 Å². The van der Waals surface area contributed by atoms with E-state index in [1.165, 1.54) is 6.07 Å². The topological polar surface area (TPSA) is 44.1 Å². The van der Waals surface area contributed by atoms with Crippen LogP contribution in [0.1, 0.15) is 37.3 Å². The lowest BCUT2D eigenvalue weighted by Crippen LogP contribution is -2.30. The predicted molar refractivity (Wildman–Crippen MR) is 69.8 cm³/mol. The third-order valence-electron chi connectivity index (χ3n) is 3.59. The minimum absolute atomic E-state index is 0.0832. The Hall–Kier alpha value is -1.73. The van der Waals surface area contributed by atoms with Gasteiger partial charge >= 0.3 is 0 Å². The normalized spacial score (nSPS) is 19.3. The molecule has 1 heterocycles. The number of hydrogen-bond acceptors (Lipinski definition) is 3. The summed E-state index contributed by atoms with van der Waals surface area (Å²) in [5.41, 5.74) is 0.620. The molecule has 0 aromatic heterocycles. The first kappa shape index (κ1) is 13.7. The van der Waals surface area contributed by atoms with Crippen LogP contribution in [-0.2, 0) is 11.3 Å². The van der Waals surface area contributed by atoms with Gasteiger partial charge in [0.2, 0.25) is 0 Å². The first-order chi connectivity index (χ1) is 9.11. The van der Waals surface area contributed by atoms with Gasteiger partial charge in [-0.15, -0.1) is 0 Å². The molecule has 4 heteroatoms. The summed E-state index contributed by atoms with van der Waals surface area (Å²) < 4.78 is 14.0. The summed E-state index contributed by atoms with van der Waals surface area (Å²) in [6, 6.07) is 6.96. The number of rotatable bonds is 4. The standard InChI is InChI=1S/C15H17FN2O/c1-11(19)8-14-6-3-7-18(14)10-13-5-2-4-12(9-17)15(13)16/h2,4-5,14H,3,6-8,10H2,1H3. The smallest absolute Gasteiger partial charge is 0.145 e. The Bertz CT molecular complexity index is 521. The monoisotopic (exact) mass is 260 g/mol. The van der Waals surface area contributed by atoms with Gasteiger partial charge in [-0.3, -0.25) is 9.69 Å². The summed E-state index contributed by atoms with van der Waals surface area (Å²) in [6.45, 7) is 2.95. The van der Waals surface area contributed by atoms with Gasteiger partial charge in [0.05, 0.1) is 5.56 Å². The van der Waals surface area contributed by atoms with Crippen molar-refractivity contribution < 1.29 is 9.18 Å². The second-order valence-corrected chi connectivity index (χ2v) is 5.06. The van der Waals surface area contributed by atoms with Crippen LogP contribution in [0.25, 0.3) is 0 Å². The van der Waals surface area contributed by atoms with Crippen molar-refractivity contribution in [3.63, 3.8) is 0 Å². The number of carbonyl (C=O) groups is 1. The summed E-state index contributed by atoms with van der Waals surface area (Å²) in [7, 11) is 0. The molecule has 0 N–H and O–H groups in total. The first-order valence-corrected chi connectivity index (χ1v) is 6.52. The van der Waals surface area contributed by atoms with Crippen LogP contribution >= 0.6 is 0 Å². The van der Waals surface area contributed by atoms with Crippen LogP contribution in [0.4, 0.5) is 4.39 Å². The van der Waals surface area contributed by atoms with E-state index < -0.39 is 5.82 Å². The molecule has 1 atom stereocenters. The number of nitriles is 1. The van der Waals surface area contributed by atoms with Gasteiger partial charge in [0.1, 0.15) is 17.7 Å². The number of halogens is 1.